The number of alkyl halides is 3. The average Bonchev–Trinajstić information content (AvgIpc) is 2.53. The summed E-state index contributed by atoms with van der Waals surface area (Å²) in [7, 11) is 0. The summed E-state index contributed by atoms with van der Waals surface area (Å²) in [5, 5.41) is 0.957. The van der Waals surface area contributed by atoms with Crippen molar-refractivity contribution >= 4 is 10.9 Å². The maximum Gasteiger partial charge on any atom is 0.573 e. The molecule has 0 fully saturated rings. The fraction of sp³-hybridized carbons (Fsp3) is 0.118. The van der Waals surface area contributed by atoms with Crippen molar-refractivity contribution in [2.75, 3.05) is 0 Å². The number of aromatic nitrogens is 1. The predicted molar refractivity (Wildman–Crippen MR) is 79.2 cm³/mol. The molecule has 118 valence electrons. The standard InChI is InChI=1S/C17H12F3NO2/c18-17(19,20)23-14-8-6-12(7-9-14)11-22-15-5-1-3-13-4-2-10-21-16(13)15/h1-10H,11H2. The summed E-state index contributed by atoms with van der Waals surface area (Å²) in [6.45, 7) is 0.224. The van der Waals surface area contributed by atoms with Crippen molar-refractivity contribution in [3.05, 3.63) is 66.4 Å². The maximum atomic E-state index is 12.1. The summed E-state index contributed by atoms with van der Waals surface area (Å²) >= 11 is 0. The normalized spacial score (nSPS) is 11.4. The Bertz CT molecular complexity index is 796. The fourth-order valence-corrected chi connectivity index (χ4v) is 2.14. The number of hydrogen-bond acceptors (Lipinski definition) is 3. The molecule has 1 aromatic heterocycles. The topological polar surface area (TPSA) is 31.4 Å². The van der Waals surface area contributed by atoms with Gasteiger partial charge >= 0.3 is 6.36 Å². The van der Waals surface area contributed by atoms with Gasteiger partial charge in [0, 0.05) is 11.6 Å². The third-order valence-corrected chi connectivity index (χ3v) is 3.15. The summed E-state index contributed by atoms with van der Waals surface area (Å²) in [5.41, 5.74) is 1.47. The maximum absolute atomic E-state index is 12.1. The lowest BCUT2D eigenvalue weighted by Gasteiger charge is -2.11. The van der Waals surface area contributed by atoms with Gasteiger partial charge in [-0.05, 0) is 29.8 Å². The highest BCUT2D eigenvalue weighted by Crippen LogP contribution is 2.25. The molecule has 0 radical (unpaired) electrons. The molecule has 0 N–H and O–H groups in total. The van der Waals surface area contributed by atoms with E-state index < -0.39 is 6.36 Å². The number of hydrogen-bond donors (Lipinski definition) is 0. The molecule has 0 unspecified atom stereocenters. The van der Waals surface area contributed by atoms with Crippen LogP contribution in [0.1, 0.15) is 5.56 Å². The molecule has 0 atom stereocenters. The Labute approximate surface area is 130 Å². The van der Waals surface area contributed by atoms with Gasteiger partial charge in [-0.25, -0.2) is 0 Å². The lowest BCUT2D eigenvalue weighted by atomic mass is 10.2. The van der Waals surface area contributed by atoms with Gasteiger partial charge in [-0.2, -0.15) is 0 Å². The first-order chi connectivity index (χ1) is 11.0. The van der Waals surface area contributed by atoms with E-state index in [1.165, 1.54) is 24.3 Å². The SMILES string of the molecule is FC(F)(F)Oc1ccc(COc2cccc3cccnc23)cc1. The van der Waals surface area contributed by atoms with Crippen molar-refractivity contribution in [2.24, 2.45) is 0 Å². The molecular formula is C17H12F3NO2. The van der Waals surface area contributed by atoms with Crippen LogP contribution >= 0.6 is 0 Å². The van der Waals surface area contributed by atoms with Crippen molar-refractivity contribution < 1.29 is 22.6 Å². The van der Waals surface area contributed by atoms with Crippen molar-refractivity contribution in [1.29, 1.82) is 0 Å². The van der Waals surface area contributed by atoms with Crippen LogP contribution in [0, 0.1) is 0 Å². The van der Waals surface area contributed by atoms with Crippen molar-refractivity contribution in [2.45, 2.75) is 13.0 Å². The molecule has 3 aromatic rings. The number of pyridine rings is 1. The molecule has 0 spiro atoms. The van der Waals surface area contributed by atoms with Crippen LogP contribution in [0.2, 0.25) is 0 Å². The van der Waals surface area contributed by atoms with E-state index in [-0.39, 0.29) is 12.4 Å². The summed E-state index contributed by atoms with van der Waals surface area (Å²) in [6.07, 6.45) is -3.01. The minimum absolute atomic E-state index is 0.224. The molecule has 0 aliphatic heterocycles. The van der Waals surface area contributed by atoms with Gasteiger partial charge in [0.2, 0.25) is 0 Å². The molecule has 0 bridgehead atoms. The van der Waals surface area contributed by atoms with Gasteiger partial charge in [-0.3, -0.25) is 4.98 Å². The Balaban J connectivity index is 1.70. The van der Waals surface area contributed by atoms with E-state index in [1.807, 2.05) is 24.3 Å². The third-order valence-electron chi connectivity index (χ3n) is 3.15. The van der Waals surface area contributed by atoms with Crippen LogP contribution < -0.4 is 9.47 Å². The highest BCUT2D eigenvalue weighted by atomic mass is 19.4. The Kier molecular flexibility index (Phi) is 4.06. The Morgan fingerprint density at radius 3 is 2.39 bits per heavy atom. The Morgan fingerprint density at radius 1 is 0.913 bits per heavy atom. The first kappa shape index (κ1) is 15.1. The molecule has 0 aliphatic carbocycles. The largest absolute Gasteiger partial charge is 0.573 e. The second kappa shape index (κ2) is 6.16. The quantitative estimate of drug-likeness (QED) is 0.698. The molecule has 0 saturated carbocycles. The second-order valence-corrected chi connectivity index (χ2v) is 4.81. The molecule has 3 rings (SSSR count). The van der Waals surface area contributed by atoms with E-state index >= 15 is 0 Å². The van der Waals surface area contributed by atoms with E-state index in [2.05, 4.69) is 9.72 Å². The number of nitrogens with zero attached hydrogens (tertiary/aromatic N) is 1. The zero-order valence-corrected chi connectivity index (χ0v) is 11.9. The van der Waals surface area contributed by atoms with Crippen molar-refractivity contribution in [1.82, 2.24) is 4.98 Å². The fourth-order valence-electron chi connectivity index (χ4n) is 2.14. The van der Waals surface area contributed by atoms with Crippen molar-refractivity contribution in [3.8, 4) is 11.5 Å². The Hall–Kier alpha value is -2.76. The van der Waals surface area contributed by atoms with E-state index in [1.54, 1.807) is 12.3 Å². The van der Waals surface area contributed by atoms with Crippen LogP contribution in [0.4, 0.5) is 13.2 Å². The van der Waals surface area contributed by atoms with Gasteiger partial charge in [0.05, 0.1) is 0 Å². The third kappa shape index (κ3) is 3.91. The van der Waals surface area contributed by atoms with Gasteiger partial charge < -0.3 is 9.47 Å². The van der Waals surface area contributed by atoms with E-state index in [0.717, 1.165) is 16.5 Å². The summed E-state index contributed by atoms with van der Waals surface area (Å²) in [5.74, 6) is 0.367. The van der Waals surface area contributed by atoms with Crippen LogP contribution in [-0.2, 0) is 6.61 Å². The van der Waals surface area contributed by atoms with Crippen LogP contribution in [0.25, 0.3) is 10.9 Å². The highest BCUT2D eigenvalue weighted by molar-refractivity contribution is 5.84. The van der Waals surface area contributed by atoms with Crippen LogP contribution in [0.15, 0.2) is 60.8 Å². The van der Waals surface area contributed by atoms with Gasteiger partial charge in [0.25, 0.3) is 0 Å². The average molecular weight is 319 g/mol. The smallest absolute Gasteiger partial charge is 0.487 e. The minimum atomic E-state index is -4.69. The molecule has 0 amide bonds. The van der Waals surface area contributed by atoms with Crippen LogP contribution in [0.5, 0.6) is 11.5 Å². The number of rotatable bonds is 4. The van der Waals surface area contributed by atoms with Gasteiger partial charge in [-0.1, -0.05) is 30.3 Å². The number of benzene rings is 2. The van der Waals surface area contributed by atoms with Crippen LogP contribution in [-0.4, -0.2) is 11.3 Å². The zero-order valence-electron chi connectivity index (χ0n) is 11.9. The monoisotopic (exact) mass is 319 g/mol. The summed E-state index contributed by atoms with van der Waals surface area (Å²) < 4.78 is 45.9. The lowest BCUT2D eigenvalue weighted by Crippen LogP contribution is -2.17. The highest BCUT2D eigenvalue weighted by Gasteiger charge is 2.30. The molecule has 6 heteroatoms. The molecule has 0 saturated heterocycles. The summed E-state index contributed by atoms with van der Waals surface area (Å²) in [6, 6.07) is 14.9. The number of halogens is 3. The molecule has 23 heavy (non-hydrogen) atoms. The van der Waals surface area contributed by atoms with Crippen molar-refractivity contribution in [3.63, 3.8) is 0 Å². The first-order valence-electron chi connectivity index (χ1n) is 6.82. The molecule has 2 aromatic carbocycles. The molecule has 1 heterocycles. The summed E-state index contributed by atoms with van der Waals surface area (Å²) in [4.78, 5) is 4.28. The van der Waals surface area contributed by atoms with Gasteiger partial charge in [0.15, 0.2) is 0 Å². The first-order valence-corrected chi connectivity index (χ1v) is 6.82. The van der Waals surface area contributed by atoms with E-state index in [9.17, 15) is 13.2 Å². The number of ether oxygens (including phenoxy) is 2. The number of para-hydroxylation sites is 1. The lowest BCUT2D eigenvalue weighted by molar-refractivity contribution is -0.274. The minimum Gasteiger partial charge on any atom is -0.487 e. The van der Waals surface area contributed by atoms with E-state index in [4.69, 9.17) is 4.74 Å². The van der Waals surface area contributed by atoms with E-state index in [0.29, 0.717) is 5.75 Å². The predicted octanol–water partition coefficient (Wildman–Crippen LogP) is 4.71. The molecule has 3 nitrogen and oxygen atoms in total. The van der Waals surface area contributed by atoms with Gasteiger partial charge in [-0.15, -0.1) is 13.2 Å². The molecular weight excluding hydrogens is 307 g/mol. The van der Waals surface area contributed by atoms with Gasteiger partial charge in [0.1, 0.15) is 23.6 Å². The Morgan fingerprint density at radius 2 is 1.65 bits per heavy atom. The molecule has 0 aliphatic rings. The zero-order chi connectivity index (χ0) is 16.3. The second-order valence-electron chi connectivity index (χ2n) is 4.81. The number of fused-ring (bicyclic) bond motifs is 1. The van der Waals surface area contributed by atoms with Crippen LogP contribution in [0.3, 0.4) is 0 Å².